The van der Waals surface area contributed by atoms with Crippen molar-refractivity contribution in [3.63, 3.8) is 0 Å². The van der Waals surface area contributed by atoms with Crippen LogP contribution in [0.4, 0.5) is 5.82 Å². The Balaban J connectivity index is 1.14. The Morgan fingerprint density at radius 3 is 1.69 bits per heavy atom. The Hall–Kier alpha value is -5.88. The summed E-state index contributed by atoms with van der Waals surface area (Å²) < 4.78 is 2.00. The lowest BCUT2D eigenvalue weighted by Crippen LogP contribution is -2.45. The number of hydrogen-bond acceptors (Lipinski definition) is 5. The average Bonchev–Trinajstić information content (AvgIpc) is 3.69. The van der Waals surface area contributed by atoms with Gasteiger partial charge < -0.3 is 5.32 Å². The number of pyridine rings is 1. The molecule has 2 aromatic heterocycles. The van der Waals surface area contributed by atoms with Crippen LogP contribution < -0.4 is 5.32 Å². The lowest BCUT2D eigenvalue weighted by molar-refractivity contribution is -0.123. The van der Waals surface area contributed by atoms with Crippen molar-refractivity contribution in [2.75, 3.05) is 12.4 Å². The number of benzene rings is 5. The van der Waals surface area contributed by atoms with E-state index in [9.17, 15) is 4.79 Å². The normalized spacial score (nSPS) is 19.9. The minimum atomic E-state index is -0.886. The molecule has 6 heteroatoms. The first-order chi connectivity index (χ1) is 27.0. The van der Waals surface area contributed by atoms with Crippen LogP contribution in [0.1, 0.15) is 90.7 Å². The number of fused-ring (bicyclic) bond motifs is 4. The summed E-state index contributed by atoms with van der Waals surface area (Å²) in [6, 6.07) is 55.1. The number of nitrogens with zero attached hydrogens (tertiary/aromatic N) is 4. The van der Waals surface area contributed by atoms with E-state index in [-0.39, 0.29) is 16.7 Å². The molecular weight excluding hydrogens is 675 g/mol. The summed E-state index contributed by atoms with van der Waals surface area (Å²) in [7, 11) is 1.90. The molecule has 2 bridgehead atoms. The molecule has 0 radical (unpaired) electrons. The van der Waals surface area contributed by atoms with E-state index in [1.54, 1.807) is 0 Å². The fourth-order valence-corrected chi connectivity index (χ4v) is 10.0. The number of ketones is 1. The van der Waals surface area contributed by atoms with Crippen molar-refractivity contribution in [1.82, 2.24) is 20.0 Å². The number of carbonyl (C=O) groups excluding carboxylic acids is 1. The largest absolute Gasteiger partial charge is 0.373 e. The van der Waals surface area contributed by atoms with Crippen LogP contribution in [0.5, 0.6) is 0 Å². The monoisotopic (exact) mass is 721 g/mol. The third kappa shape index (κ3) is 6.14. The van der Waals surface area contributed by atoms with Crippen molar-refractivity contribution >= 4 is 22.8 Å². The summed E-state index contributed by atoms with van der Waals surface area (Å²) in [6.45, 7) is 0. The van der Waals surface area contributed by atoms with E-state index < -0.39 is 5.54 Å². The summed E-state index contributed by atoms with van der Waals surface area (Å²) in [5.74, 6) is 0.805. The zero-order valence-electron chi connectivity index (χ0n) is 31.4. The van der Waals surface area contributed by atoms with Crippen LogP contribution in [-0.2, 0) is 15.7 Å². The summed E-state index contributed by atoms with van der Waals surface area (Å²) in [6.07, 6.45) is 7.85. The number of anilines is 1. The van der Waals surface area contributed by atoms with Crippen molar-refractivity contribution in [3.8, 4) is 0 Å². The van der Waals surface area contributed by atoms with Crippen LogP contribution in [0.2, 0.25) is 0 Å². The topological polar surface area (TPSA) is 72.7 Å². The summed E-state index contributed by atoms with van der Waals surface area (Å²) in [4.78, 5) is 19.7. The molecule has 2 heterocycles. The second-order valence-electron chi connectivity index (χ2n) is 15.9. The molecule has 0 unspecified atom stereocenters. The molecule has 0 spiro atoms. The first-order valence-electron chi connectivity index (χ1n) is 19.8. The molecule has 0 aliphatic heterocycles. The fourth-order valence-electron chi connectivity index (χ4n) is 10.0. The third-order valence-corrected chi connectivity index (χ3v) is 13.0. The van der Waals surface area contributed by atoms with E-state index in [0.717, 1.165) is 66.3 Å². The van der Waals surface area contributed by atoms with Gasteiger partial charge in [0, 0.05) is 25.8 Å². The van der Waals surface area contributed by atoms with Crippen molar-refractivity contribution < 1.29 is 4.79 Å². The van der Waals surface area contributed by atoms with Gasteiger partial charge in [0.05, 0.1) is 0 Å². The minimum Gasteiger partial charge on any atom is -0.373 e. The Labute approximate surface area is 323 Å². The standard InChI is InChI=1S/C49H47N5O/c1-50-44-34-43(42(36-17-7-2-8-18-36)33-41(55)35-47-27-30-48(31-28-47,32-29-47)37-19-9-3-10-20-37)45-46(51-44)54(53-52-45)49(38-21-11-4-12-22-38,39-23-13-5-14-24-39)40-25-15-6-16-26-40/h2-26,34,42H,27-33,35H2,1H3,(H,50,51)/t42-,47?,48?/m1/s1. The molecule has 3 aliphatic rings. The lowest BCUT2D eigenvalue weighted by atomic mass is 9.51. The maximum Gasteiger partial charge on any atom is 0.182 e. The van der Waals surface area contributed by atoms with E-state index >= 15 is 0 Å². The molecule has 1 atom stereocenters. The lowest BCUT2D eigenvalue weighted by Gasteiger charge is -2.54. The molecule has 3 aliphatic carbocycles. The predicted octanol–water partition coefficient (Wildman–Crippen LogP) is 10.5. The first-order valence-corrected chi connectivity index (χ1v) is 19.8. The SMILES string of the molecule is CNc1cc([C@H](CC(=O)CC23CCC(c4ccccc4)(CC2)CC3)c2ccccc2)c2nnn(C(c3ccccc3)(c3ccccc3)c3ccccc3)c2n1. The maximum absolute atomic E-state index is 14.5. The van der Waals surface area contributed by atoms with Gasteiger partial charge in [0.25, 0.3) is 0 Å². The summed E-state index contributed by atoms with van der Waals surface area (Å²) >= 11 is 0. The van der Waals surface area contributed by atoms with Gasteiger partial charge >= 0.3 is 0 Å². The molecule has 3 saturated carbocycles. The van der Waals surface area contributed by atoms with Crippen LogP contribution >= 0.6 is 0 Å². The number of rotatable bonds is 12. The molecule has 274 valence electrons. The smallest absolute Gasteiger partial charge is 0.182 e. The van der Waals surface area contributed by atoms with Gasteiger partial charge in [0.1, 0.15) is 22.7 Å². The number of aromatic nitrogens is 4. The van der Waals surface area contributed by atoms with Crippen LogP contribution in [0.15, 0.2) is 158 Å². The average molecular weight is 722 g/mol. The highest BCUT2D eigenvalue weighted by atomic mass is 16.1. The molecule has 0 amide bonds. The highest BCUT2D eigenvalue weighted by Crippen LogP contribution is 2.59. The second-order valence-corrected chi connectivity index (χ2v) is 15.9. The summed E-state index contributed by atoms with van der Waals surface area (Å²) in [5.41, 5.74) is 7.48. The summed E-state index contributed by atoms with van der Waals surface area (Å²) in [5, 5.41) is 13.4. The Morgan fingerprint density at radius 2 is 1.18 bits per heavy atom. The number of hydrogen-bond donors (Lipinski definition) is 1. The van der Waals surface area contributed by atoms with Crippen LogP contribution in [-0.4, -0.2) is 32.8 Å². The van der Waals surface area contributed by atoms with E-state index in [0.29, 0.717) is 35.6 Å². The van der Waals surface area contributed by atoms with Crippen molar-refractivity contribution in [2.24, 2.45) is 5.41 Å². The van der Waals surface area contributed by atoms with Crippen LogP contribution in [0.3, 0.4) is 0 Å². The highest BCUT2D eigenvalue weighted by Gasteiger charge is 2.50. The van der Waals surface area contributed by atoms with Gasteiger partial charge in [-0.15, -0.1) is 5.10 Å². The van der Waals surface area contributed by atoms with Gasteiger partial charge in [-0.25, -0.2) is 9.67 Å². The molecule has 6 nitrogen and oxygen atoms in total. The Kier molecular flexibility index (Phi) is 9.13. The van der Waals surface area contributed by atoms with Gasteiger partial charge in [0.15, 0.2) is 5.65 Å². The van der Waals surface area contributed by atoms with Gasteiger partial charge in [-0.1, -0.05) is 157 Å². The van der Waals surface area contributed by atoms with Gasteiger partial charge in [-0.3, -0.25) is 4.79 Å². The van der Waals surface area contributed by atoms with Gasteiger partial charge in [0.2, 0.25) is 0 Å². The van der Waals surface area contributed by atoms with Gasteiger partial charge in [-0.05, 0) is 88.8 Å². The minimum absolute atomic E-state index is 0.0857. The van der Waals surface area contributed by atoms with E-state index in [1.165, 1.54) is 5.56 Å². The molecular formula is C49H47N5O. The van der Waals surface area contributed by atoms with Crippen molar-refractivity contribution in [2.45, 2.75) is 68.2 Å². The fraction of sp³-hybridized carbons (Fsp3) is 0.265. The van der Waals surface area contributed by atoms with Gasteiger partial charge in [-0.2, -0.15) is 0 Å². The van der Waals surface area contributed by atoms with Crippen molar-refractivity contribution in [1.29, 1.82) is 0 Å². The molecule has 7 aromatic rings. The molecule has 55 heavy (non-hydrogen) atoms. The number of carbonyl (C=O) groups is 1. The van der Waals surface area contributed by atoms with E-state index in [4.69, 9.17) is 15.3 Å². The second kappa shape index (κ2) is 14.4. The Bertz CT molecular complexity index is 2270. The number of nitrogens with one attached hydrogen (secondary N) is 1. The predicted molar refractivity (Wildman–Crippen MR) is 220 cm³/mol. The maximum atomic E-state index is 14.5. The highest BCUT2D eigenvalue weighted by molar-refractivity contribution is 5.84. The zero-order valence-corrected chi connectivity index (χ0v) is 31.4. The van der Waals surface area contributed by atoms with Crippen molar-refractivity contribution in [3.05, 3.63) is 191 Å². The molecule has 3 fully saturated rings. The first kappa shape index (κ1) is 34.9. The van der Waals surface area contributed by atoms with Crippen LogP contribution in [0, 0.1) is 5.41 Å². The molecule has 1 N–H and O–H groups in total. The third-order valence-electron chi connectivity index (χ3n) is 13.0. The number of Topliss-reactive ketones (excluding diaryl/α,β-unsaturated/α-hetero) is 1. The molecule has 5 aromatic carbocycles. The van der Waals surface area contributed by atoms with E-state index in [2.05, 4.69) is 139 Å². The Morgan fingerprint density at radius 1 is 0.691 bits per heavy atom. The quantitative estimate of drug-likeness (QED) is 0.127. The zero-order chi connectivity index (χ0) is 37.3. The molecule has 10 rings (SSSR count). The van der Waals surface area contributed by atoms with E-state index in [1.807, 2.05) is 36.0 Å². The molecule has 0 saturated heterocycles. The van der Waals surface area contributed by atoms with Crippen LogP contribution in [0.25, 0.3) is 11.2 Å².